The van der Waals surface area contributed by atoms with E-state index in [1.54, 1.807) is 15.6 Å². The van der Waals surface area contributed by atoms with Crippen LogP contribution in [0, 0.1) is 11.2 Å². The minimum absolute atomic E-state index is 0.0898. The molecule has 8 heteroatoms. The molecule has 142 valence electrons. The predicted molar refractivity (Wildman–Crippen MR) is 115 cm³/mol. The van der Waals surface area contributed by atoms with Gasteiger partial charge >= 0.3 is 0 Å². The summed E-state index contributed by atoms with van der Waals surface area (Å²) < 4.78 is 3.34. The molecule has 3 heterocycles. The molecule has 1 fully saturated rings. The molecule has 2 aromatic carbocycles. The summed E-state index contributed by atoms with van der Waals surface area (Å²) in [5.74, 6) is 2.36. The van der Waals surface area contributed by atoms with Crippen LogP contribution in [0.5, 0.6) is 0 Å². The van der Waals surface area contributed by atoms with Crippen molar-refractivity contribution < 1.29 is 0 Å². The summed E-state index contributed by atoms with van der Waals surface area (Å²) in [6.45, 7) is 1.85. The molecular formula is C21H19BN6O. The van der Waals surface area contributed by atoms with Gasteiger partial charge in [-0.25, -0.2) is 10.2 Å². The van der Waals surface area contributed by atoms with Gasteiger partial charge in [0.25, 0.3) is 12.3 Å². The van der Waals surface area contributed by atoms with Crippen molar-refractivity contribution in [3.8, 4) is 11.7 Å². The lowest BCUT2D eigenvalue weighted by Gasteiger charge is -2.30. The third kappa shape index (κ3) is 3.05. The normalized spacial score (nSPS) is 14.5. The van der Waals surface area contributed by atoms with E-state index in [0.29, 0.717) is 10.9 Å². The number of fused-ring (bicyclic) bond motifs is 2. The fraction of sp³-hybridized carbons (Fsp3) is 0.238. The van der Waals surface area contributed by atoms with E-state index in [9.17, 15) is 4.79 Å². The molecule has 0 aliphatic carbocycles. The summed E-state index contributed by atoms with van der Waals surface area (Å²) in [4.78, 5) is 19.9. The van der Waals surface area contributed by atoms with Gasteiger partial charge < -0.3 is 4.90 Å². The van der Waals surface area contributed by atoms with Crippen LogP contribution in [0.15, 0.2) is 53.7 Å². The Morgan fingerprint density at radius 1 is 1.07 bits per heavy atom. The Morgan fingerprint density at radius 3 is 2.66 bits per heavy atom. The van der Waals surface area contributed by atoms with Gasteiger partial charge in [-0.3, -0.25) is 14.0 Å². The smallest absolute Gasteiger partial charge is 0.271 e. The standard InChI is InChI=1S/C21H19BN6O/c1-26-12-15-10-17(3-5-19(15)25-26)28-14-24-20-11-16(2-4-18(20)21(28)29)27-8-6-22(13-23)7-9-27/h2-5,10-12,14H,6-9H2,1H3. The van der Waals surface area contributed by atoms with E-state index in [4.69, 9.17) is 5.26 Å². The summed E-state index contributed by atoms with van der Waals surface area (Å²) >= 11 is 0. The Labute approximate surface area is 167 Å². The molecule has 2 aromatic heterocycles. The molecule has 0 unspecified atom stereocenters. The molecule has 0 saturated carbocycles. The number of hydrogen-bond donors (Lipinski definition) is 0. The summed E-state index contributed by atoms with van der Waals surface area (Å²) in [6.07, 6.45) is 5.27. The highest BCUT2D eigenvalue weighted by Gasteiger charge is 2.23. The van der Waals surface area contributed by atoms with Crippen LogP contribution in [0.1, 0.15) is 0 Å². The SMILES string of the molecule is Cn1cc2cc(-n3cnc4cc(N5CCB(C#N)CC5)ccc4c3=O)ccc2n1. The van der Waals surface area contributed by atoms with E-state index >= 15 is 0 Å². The first kappa shape index (κ1) is 17.5. The number of anilines is 1. The Kier molecular flexibility index (Phi) is 4.09. The lowest BCUT2D eigenvalue weighted by atomic mass is 9.45. The molecule has 7 nitrogen and oxygen atoms in total. The first-order valence-electron chi connectivity index (χ1n) is 9.72. The predicted octanol–water partition coefficient (Wildman–Crippen LogP) is 2.65. The van der Waals surface area contributed by atoms with Gasteiger partial charge in [-0.2, -0.15) is 5.10 Å². The molecule has 0 radical (unpaired) electrons. The zero-order valence-corrected chi connectivity index (χ0v) is 16.1. The number of rotatable bonds is 2. The largest absolute Gasteiger partial charge is 0.373 e. The van der Waals surface area contributed by atoms with Crippen LogP contribution in [-0.2, 0) is 7.05 Å². The molecule has 1 aliphatic rings. The average molecular weight is 382 g/mol. The lowest BCUT2D eigenvalue weighted by Crippen LogP contribution is -2.36. The quantitative estimate of drug-likeness (QED) is 0.498. The number of nitrogens with zero attached hydrogens (tertiary/aromatic N) is 6. The van der Waals surface area contributed by atoms with Crippen molar-refractivity contribution in [2.75, 3.05) is 18.0 Å². The molecule has 0 atom stereocenters. The number of nitriles is 1. The molecule has 0 N–H and O–H groups in total. The number of benzene rings is 2. The molecular weight excluding hydrogens is 363 g/mol. The zero-order valence-electron chi connectivity index (χ0n) is 16.1. The van der Waals surface area contributed by atoms with Crippen molar-refractivity contribution in [2.45, 2.75) is 12.6 Å². The highest BCUT2D eigenvalue weighted by Crippen LogP contribution is 2.24. The van der Waals surface area contributed by atoms with Crippen LogP contribution < -0.4 is 10.5 Å². The molecule has 0 bridgehead atoms. The van der Waals surface area contributed by atoms with E-state index < -0.39 is 0 Å². The lowest BCUT2D eigenvalue weighted by molar-refractivity contribution is 0.780. The third-order valence-corrected chi connectivity index (χ3v) is 5.67. The van der Waals surface area contributed by atoms with Gasteiger partial charge in [0.1, 0.15) is 6.33 Å². The fourth-order valence-corrected chi connectivity index (χ4v) is 4.04. The van der Waals surface area contributed by atoms with Gasteiger partial charge in [0.05, 0.1) is 22.1 Å². The van der Waals surface area contributed by atoms with Gasteiger partial charge in [0.15, 0.2) is 0 Å². The van der Waals surface area contributed by atoms with Crippen molar-refractivity contribution in [2.24, 2.45) is 7.05 Å². The molecule has 0 spiro atoms. The summed E-state index contributed by atoms with van der Waals surface area (Å²) in [6, 6.07) is 11.6. The summed E-state index contributed by atoms with van der Waals surface area (Å²) in [5, 5.41) is 15.0. The zero-order chi connectivity index (χ0) is 20.0. The topological polar surface area (TPSA) is 79.7 Å². The number of aromatic nitrogens is 4. The maximum Gasteiger partial charge on any atom is 0.271 e. The van der Waals surface area contributed by atoms with Gasteiger partial charge in [-0.15, -0.1) is 0 Å². The van der Waals surface area contributed by atoms with Gasteiger partial charge in [-0.05, 0) is 49.0 Å². The monoisotopic (exact) mass is 382 g/mol. The van der Waals surface area contributed by atoms with Crippen molar-refractivity contribution in [3.05, 3.63) is 59.3 Å². The second-order valence-electron chi connectivity index (χ2n) is 7.56. The van der Waals surface area contributed by atoms with Gasteiger partial charge in [-0.1, -0.05) is 0 Å². The molecule has 0 amide bonds. The molecule has 1 aliphatic heterocycles. The molecule has 4 aromatic rings. The number of hydrogen-bond acceptors (Lipinski definition) is 5. The molecule has 29 heavy (non-hydrogen) atoms. The minimum atomic E-state index is -0.0898. The summed E-state index contributed by atoms with van der Waals surface area (Å²) in [5.41, 5.74) is 3.31. The van der Waals surface area contributed by atoms with Gasteiger partial charge in [0.2, 0.25) is 0 Å². The van der Waals surface area contributed by atoms with Crippen molar-refractivity contribution >= 4 is 34.2 Å². The van der Waals surface area contributed by atoms with E-state index in [1.807, 2.05) is 49.6 Å². The van der Waals surface area contributed by atoms with Crippen LogP contribution in [-0.4, -0.2) is 39.1 Å². The van der Waals surface area contributed by atoms with Crippen LogP contribution in [0.4, 0.5) is 5.69 Å². The molecule has 5 rings (SSSR count). The Morgan fingerprint density at radius 2 is 1.86 bits per heavy atom. The highest BCUT2D eigenvalue weighted by molar-refractivity contribution is 6.67. The fourth-order valence-electron chi connectivity index (χ4n) is 4.04. The second-order valence-corrected chi connectivity index (χ2v) is 7.56. The van der Waals surface area contributed by atoms with Crippen LogP contribution in [0.3, 0.4) is 0 Å². The van der Waals surface area contributed by atoms with Crippen molar-refractivity contribution in [1.82, 2.24) is 19.3 Å². The molecule has 1 saturated heterocycles. The maximum atomic E-state index is 13.1. The van der Waals surface area contributed by atoms with E-state index in [0.717, 1.165) is 48.0 Å². The van der Waals surface area contributed by atoms with Crippen LogP contribution in [0.2, 0.25) is 12.6 Å². The number of aryl methyl sites for hydroxylation is 1. The maximum absolute atomic E-state index is 13.1. The van der Waals surface area contributed by atoms with E-state index in [1.165, 1.54) is 0 Å². The van der Waals surface area contributed by atoms with Crippen LogP contribution in [0.25, 0.3) is 27.5 Å². The second kappa shape index (κ2) is 6.78. The first-order valence-corrected chi connectivity index (χ1v) is 9.72. The Hall–Kier alpha value is -3.60. The van der Waals surface area contributed by atoms with Gasteiger partial charge in [0, 0.05) is 43.4 Å². The van der Waals surface area contributed by atoms with Crippen molar-refractivity contribution in [1.29, 1.82) is 5.26 Å². The Bertz CT molecular complexity index is 1330. The minimum Gasteiger partial charge on any atom is -0.373 e. The highest BCUT2D eigenvalue weighted by atomic mass is 16.1. The first-order chi connectivity index (χ1) is 14.1. The van der Waals surface area contributed by atoms with E-state index in [2.05, 4.69) is 21.0 Å². The average Bonchev–Trinajstić information content (AvgIpc) is 3.13. The van der Waals surface area contributed by atoms with E-state index in [-0.39, 0.29) is 12.3 Å². The summed E-state index contributed by atoms with van der Waals surface area (Å²) in [7, 11) is 1.88. The third-order valence-electron chi connectivity index (χ3n) is 5.67. The van der Waals surface area contributed by atoms with Crippen molar-refractivity contribution in [3.63, 3.8) is 0 Å². The van der Waals surface area contributed by atoms with Crippen LogP contribution >= 0.6 is 0 Å². The Balaban J connectivity index is 1.51.